The van der Waals surface area contributed by atoms with E-state index in [2.05, 4.69) is 10.1 Å². The fourth-order valence-corrected chi connectivity index (χ4v) is 2.07. The van der Waals surface area contributed by atoms with Crippen LogP contribution in [0.2, 0.25) is 0 Å². The number of ether oxygens (including phenoxy) is 1. The van der Waals surface area contributed by atoms with Gasteiger partial charge in [-0.3, -0.25) is 9.59 Å². The van der Waals surface area contributed by atoms with Gasteiger partial charge in [0.1, 0.15) is 5.75 Å². The van der Waals surface area contributed by atoms with Crippen LogP contribution in [0.5, 0.6) is 5.75 Å². The van der Waals surface area contributed by atoms with E-state index in [-0.39, 0.29) is 24.6 Å². The lowest BCUT2D eigenvalue weighted by atomic mass is 10.1. The van der Waals surface area contributed by atoms with Crippen LogP contribution in [-0.2, 0) is 16.0 Å². The van der Waals surface area contributed by atoms with Gasteiger partial charge in [-0.2, -0.15) is 8.78 Å². The molecule has 2 rings (SSSR count). The first-order valence-electron chi connectivity index (χ1n) is 6.95. The molecule has 1 aromatic carbocycles. The number of amides is 1. The first-order chi connectivity index (χ1) is 10.4. The molecular weight excluding hydrogens is 296 g/mol. The van der Waals surface area contributed by atoms with E-state index >= 15 is 0 Å². The smallest absolute Gasteiger partial charge is 0.387 e. The van der Waals surface area contributed by atoms with Crippen LogP contribution in [0.4, 0.5) is 8.78 Å². The molecule has 0 aliphatic heterocycles. The Hall–Kier alpha value is -2.18. The molecule has 0 bridgehead atoms. The third kappa shape index (κ3) is 4.41. The van der Waals surface area contributed by atoms with Gasteiger partial charge in [0, 0.05) is 13.0 Å². The molecule has 0 spiro atoms. The first kappa shape index (κ1) is 16.2. The molecule has 7 heteroatoms. The molecule has 0 aromatic heterocycles. The van der Waals surface area contributed by atoms with Gasteiger partial charge in [0.2, 0.25) is 5.91 Å². The minimum Gasteiger partial charge on any atom is -0.481 e. The van der Waals surface area contributed by atoms with Crippen LogP contribution in [0.15, 0.2) is 24.3 Å². The van der Waals surface area contributed by atoms with Crippen molar-refractivity contribution >= 4 is 11.9 Å². The Bertz CT molecular complexity index is 541. The van der Waals surface area contributed by atoms with Gasteiger partial charge in [-0.15, -0.1) is 0 Å². The van der Waals surface area contributed by atoms with Gasteiger partial charge in [-0.1, -0.05) is 12.1 Å². The zero-order valence-corrected chi connectivity index (χ0v) is 11.9. The average molecular weight is 313 g/mol. The van der Waals surface area contributed by atoms with Crippen molar-refractivity contribution in [1.82, 2.24) is 5.32 Å². The van der Waals surface area contributed by atoms with Gasteiger partial charge in [-0.25, -0.2) is 0 Å². The zero-order valence-electron chi connectivity index (χ0n) is 11.9. The molecule has 1 saturated carbocycles. The largest absolute Gasteiger partial charge is 0.481 e. The second kappa shape index (κ2) is 6.72. The summed E-state index contributed by atoms with van der Waals surface area (Å²) in [6.45, 7) is -2.71. The summed E-state index contributed by atoms with van der Waals surface area (Å²) < 4.78 is 28.2. The third-order valence-corrected chi connectivity index (χ3v) is 3.72. The maximum atomic E-state index is 12.0. The SMILES string of the molecule is O=C(CCc1ccc(OC(F)F)cc1)NCC1(C(=O)O)CC1. The summed E-state index contributed by atoms with van der Waals surface area (Å²) >= 11 is 0. The predicted octanol–water partition coefficient (Wildman–Crippen LogP) is 2.20. The van der Waals surface area contributed by atoms with Crippen LogP contribution in [0.25, 0.3) is 0 Å². The number of hydrogen-bond acceptors (Lipinski definition) is 3. The number of benzene rings is 1. The van der Waals surface area contributed by atoms with Gasteiger partial charge in [0.15, 0.2) is 0 Å². The number of carboxylic acids is 1. The van der Waals surface area contributed by atoms with Crippen molar-refractivity contribution < 1.29 is 28.2 Å². The molecule has 0 atom stereocenters. The normalized spacial score (nSPS) is 15.4. The number of aliphatic carboxylic acids is 1. The lowest BCUT2D eigenvalue weighted by Crippen LogP contribution is -2.34. The van der Waals surface area contributed by atoms with Gasteiger partial charge < -0.3 is 15.2 Å². The van der Waals surface area contributed by atoms with E-state index in [4.69, 9.17) is 5.11 Å². The Morgan fingerprint density at radius 2 is 1.91 bits per heavy atom. The van der Waals surface area contributed by atoms with Crippen molar-refractivity contribution in [2.75, 3.05) is 6.54 Å². The molecule has 1 aliphatic carbocycles. The van der Waals surface area contributed by atoms with E-state index in [0.717, 1.165) is 5.56 Å². The summed E-state index contributed by atoms with van der Waals surface area (Å²) in [6.07, 6.45) is 1.84. The zero-order chi connectivity index (χ0) is 16.2. The molecule has 0 radical (unpaired) electrons. The van der Waals surface area contributed by atoms with Crippen molar-refractivity contribution in [3.8, 4) is 5.75 Å². The van der Waals surface area contributed by atoms with Crippen molar-refractivity contribution in [1.29, 1.82) is 0 Å². The molecule has 1 aliphatic rings. The fraction of sp³-hybridized carbons (Fsp3) is 0.467. The Balaban J connectivity index is 1.73. The summed E-state index contributed by atoms with van der Waals surface area (Å²) in [6, 6.07) is 6.07. The highest BCUT2D eigenvalue weighted by molar-refractivity contribution is 5.81. The summed E-state index contributed by atoms with van der Waals surface area (Å²) in [5.41, 5.74) is 0.0420. The molecule has 1 aromatic rings. The second-order valence-corrected chi connectivity index (χ2v) is 5.38. The number of hydrogen-bond donors (Lipinski definition) is 2. The lowest BCUT2D eigenvalue weighted by Gasteiger charge is -2.11. The molecule has 120 valence electrons. The van der Waals surface area contributed by atoms with Gasteiger partial charge in [0.25, 0.3) is 0 Å². The van der Waals surface area contributed by atoms with Crippen molar-refractivity contribution in [2.24, 2.45) is 5.41 Å². The van der Waals surface area contributed by atoms with Crippen LogP contribution in [0.3, 0.4) is 0 Å². The molecular formula is C15H17F2NO4. The quantitative estimate of drug-likeness (QED) is 0.771. The number of nitrogens with one attached hydrogen (secondary N) is 1. The standard InChI is InChI=1S/C15H17F2NO4/c16-14(17)22-11-4-1-10(2-5-11)3-6-12(19)18-9-15(7-8-15)13(20)21/h1-2,4-5,14H,3,6-9H2,(H,18,19)(H,20,21). The maximum Gasteiger partial charge on any atom is 0.387 e. The second-order valence-electron chi connectivity index (χ2n) is 5.38. The van der Waals surface area contributed by atoms with Crippen molar-refractivity contribution in [3.05, 3.63) is 29.8 Å². The van der Waals surface area contributed by atoms with Crippen LogP contribution in [0, 0.1) is 5.41 Å². The minimum absolute atomic E-state index is 0.0698. The van der Waals surface area contributed by atoms with E-state index in [1.54, 1.807) is 12.1 Å². The Morgan fingerprint density at radius 3 is 2.41 bits per heavy atom. The lowest BCUT2D eigenvalue weighted by molar-refractivity contribution is -0.143. The molecule has 1 fully saturated rings. The molecule has 22 heavy (non-hydrogen) atoms. The van der Waals surface area contributed by atoms with E-state index < -0.39 is 18.0 Å². The van der Waals surface area contributed by atoms with E-state index in [9.17, 15) is 18.4 Å². The highest BCUT2D eigenvalue weighted by Crippen LogP contribution is 2.45. The van der Waals surface area contributed by atoms with Crippen molar-refractivity contribution in [3.63, 3.8) is 0 Å². The Morgan fingerprint density at radius 1 is 1.27 bits per heavy atom. The number of rotatable bonds is 8. The summed E-state index contributed by atoms with van der Waals surface area (Å²) in [5.74, 6) is -1.02. The van der Waals surface area contributed by atoms with Crippen LogP contribution in [0.1, 0.15) is 24.8 Å². The monoisotopic (exact) mass is 313 g/mol. The number of carboxylic acid groups (broad SMARTS) is 1. The molecule has 0 unspecified atom stereocenters. The fourth-order valence-electron chi connectivity index (χ4n) is 2.07. The van der Waals surface area contributed by atoms with E-state index in [0.29, 0.717) is 19.3 Å². The maximum absolute atomic E-state index is 12.0. The molecule has 5 nitrogen and oxygen atoms in total. The highest BCUT2D eigenvalue weighted by Gasteiger charge is 2.50. The topological polar surface area (TPSA) is 75.6 Å². The highest BCUT2D eigenvalue weighted by atomic mass is 19.3. The van der Waals surface area contributed by atoms with Gasteiger partial charge >= 0.3 is 12.6 Å². The van der Waals surface area contributed by atoms with Crippen LogP contribution in [-0.4, -0.2) is 30.1 Å². The first-order valence-corrected chi connectivity index (χ1v) is 6.95. The van der Waals surface area contributed by atoms with Gasteiger partial charge in [-0.05, 0) is 37.0 Å². The molecule has 2 N–H and O–H groups in total. The van der Waals surface area contributed by atoms with E-state index in [1.165, 1.54) is 12.1 Å². The average Bonchev–Trinajstić information content (AvgIpc) is 3.25. The number of aryl methyl sites for hydroxylation is 1. The predicted molar refractivity (Wildman–Crippen MR) is 73.7 cm³/mol. The third-order valence-electron chi connectivity index (χ3n) is 3.72. The summed E-state index contributed by atoms with van der Waals surface area (Å²) in [4.78, 5) is 22.7. The Kier molecular flexibility index (Phi) is 4.95. The van der Waals surface area contributed by atoms with Crippen molar-refractivity contribution in [2.45, 2.75) is 32.3 Å². The van der Waals surface area contributed by atoms with Crippen LogP contribution >= 0.6 is 0 Å². The van der Waals surface area contributed by atoms with E-state index in [1.807, 2.05) is 0 Å². The van der Waals surface area contributed by atoms with Crippen LogP contribution < -0.4 is 10.1 Å². The number of carbonyl (C=O) groups excluding carboxylic acids is 1. The number of halogens is 2. The summed E-state index contributed by atoms with van der Waals surface area (Å²) in [5, 5.41) is 11.6. The molecule has 0 saturated heterocycles. The summed E-state index contributed by atoms with van der Waals surface area (Å²) in [7, 11) is 0. The molecule has 1 amide bonds. The number of carbonyl (C=O) groups is 2. The minimum atomic E-state index is -2.86. The number of alkyl halides is 2. The Labute approximate surface area is 126 Å². The van der Waals surface area contributed by atoms with Gasteiger partial charge in [0.05, 0.1) is 5.41 Å². The molecule has 0 heterocycles.